The highest BCUT2D eigenvalue weighted by Gasteiger charge is 2.16. The summed E-state index contributed by atoms with van der Waals surface area (Å²) in [6.45, 7) is 0. The Morgan fingerprint density at radius 2 is 1.76 bits per heavy atom. The fraction of sp³-hybridized carbons (Fsp3) is 0.0588. The van der Waals surface area contributed by atoms with Gasteiger partial charge in [-0.05, 0) is 11.6 Å². The molecule has 0 aliphatic heterocycles. The summed E-state index contributed by atoms with van der Waals surface area (Å²) in [4.78, 5) is 22.6. The van der Waals surface area contributed by atoms with Gasteiger partial charge in [0.2, 0.25) is 0 Å². The first-order valence-electron chi connectivity index (χ1n) is 7.45. The molecule has 0 aliphatic rings. The SMILES string of the molecule is Cn1nc(NC(=O)Nc2ccccc2[N+](=O)[O-])cc1-c1ccccc1. The number of aromatic nitrogens is 2. The van der Waals surface area contributed by atoms with Gasteiger partial charge in [0.05, 0.1) is 10.6 Å². The molecule has 1 heterocycles. The molecule has 25 heavy (non-hydrogen) atoms. The number of aryl methyl sites for hydroxylation is 1. The number of nitrogens with zero attached hydrogens (tertiary/aromatic N) is 3. The zero-order chi connectivity index (χ0) is 17.8. The highest BCUT2D eigenvalue weighted by Crippen LogP contribution is 2.24. The second-order valence-electron chi connectivity index (χ2n) is 5.26. The fourth-order valence-electron chi connectivity index (χ4n) is 2.42. The Hall–Kier alpha value is -3.68. The van der Waals surface area contributed by atoms with Gasteiger partial charge in [-0.3, -0.25) is 20.1 Å². The van der Waals surface area contributed by atoms with E-state index in [1.807, 2.05) is 30.3 Å². The third kappa shape index (κ3) is 3.63. The zero-order valence-corrected chi connectivity index (χ0v) is 13.3. The molecule has 2 amide bonds. The maximum atomic E-state index is 12.1. The van der Waals surface area contributed by atoms with Gasteiger partial charge in [-0.15, -0.1) is 0 Å². The number of urea groups is 1. The van der Waals surface area contributed by atoms with Gasteiger partial charge in [0.15, 0.2) is 5.82 Å². The van der Waals surface area contributed by atoms with Gasteiger partial charge in [0, 0.05) is 19.2 Å². The number of nitro benzene ring substituents is 1. The first kappa shape index (κ1) is 16.2. The monoisotopic (exact) mass is 337 g/mol. The van der Waals surface area contributed by atoms with E-state index in [9.17, 15) is 14.9 Å². The molecule has 0 fully saturated rings. The van der Waals surface area contributed by atoms with Crippen LogP contribution in [-0.4, -0.2) is 20.7 Å². The summed E-state index contributed by atoms with van der Waals surface area (Å²) < 4.78 is 1.65. The van der Waals surface area contributed by atoms with Crippen molar-refractivity contribution < 1.29 is 9.72 Å². The molecule has 8 nitrogen and oxygen atoms in total. The fourth-order valence-corrected chi connectivity index (χ4v) is 2.42. The Bertz CT molecular complexity index is 921. The molecule has 0 atom stereocenters. The second kappa shape index (κ2) is 6.83. The van der Waals surface area contributed by atoms with Crippen molar-refractivity contribution in [1.29, 1.82) is 0 Å². The molecular weight excluding hydrogens is 322 g/mol. The number of nitrogens with one attached hydrogen (secondary N) is 2. The van der Waals surface area contributed by atoms with E-state index in [0.29, 0.717) is 5.82 Å². The Kier molecular flexibility index (Phi) is 4.42. The van der Waals surface area contributed by atoms with Crippen LogP contribution in [0.2, 0.25) is 0 Å². The van der Waals surface area contributed by atoms with Crippen LogP contribution >= 0.6 is 0 Å². The summed E-state index contributed by atoms with van der Waals surface area (Å²) >= 11 is 0. The third-order valence-electron chi connectivity index (χ3n) is 3.54. The van der Waals surface area contributed by atoms with Gasteiger partial charge < -0.3 is 5.32 Å². The van der Waals surface area contributed by atoms with Crippen molar-refractivity contribution in [3.8, 4) is 11.3 Å². The van der Waals surface area contributed by atoms with Crippen molar-refractivity contribution in [2.45, 2.75) is 0 Å². The molecule has 8 heteroatoms. The van der Waals surface area contributed by atoms with Crippen molar-refractivity contribution in [3.63, 3.8) is 0 Å². The molecular formula is C17H15N5O3. The average Bonchev–Trinajstić information content (AvgIpc) is 2.96. The average molecular weight is 337 g/mol. The number of anilines is 2. The number of hydrogen-bond acceptors (Lipinski definition) is 4. The Morgan fingerprint density at radius 1 is 1.08 bits per heavy atom. The minimum atomic E-state index is -0.605. The third-order valence-corrected chi connectivity index (χ3v) is 3.54. The van der Waals surface area contributed by atoms with E-state index >= 15 is 0 Å². The summed E-state index contributed by atoms with van der Waals surface area (Å²) in [7, 11) is 1.77. The minimum Gasteiger partial charge on any atom is -0.302 e. The molecule has 2 N–H and O–H groups in total. The van der Waals surface area contributed by atoms with Crippen LogP contribution < -0.4 is 10.6 Å². The molecule has 1 aromatic heterocycles. The number of para-hydroxylation sites is 2. The Labute approximate surface area is 143 Å². The molecule has 0 radical (unpaired) electrons. The van der Waals surface area contributed by atoms with Crippen molar-refractivity contribution in [2.24, 2.45) is 7.05 Å². The normalized spacial score (nSPS) is 10.3. The van der Waals surface area contributed by atoms with Crippen LogP contribution in [0, 0.1) is 10.1 Å². The molecule has 0 bridgehead atoms. The summed E-state index contributed by atoms with van der Waals surface area (Å²) in [5.74, 6) is 0.345. The number of rotatable bonds is 4. The lowest BCUT2D eigenvalue weighted by Gasteiger charge is -2.05. The van der Waals surface area contributed by atoms with Crippen LogP contribution in [0.1, 0.15) is 0 Å². The van der Waals surface area contributed by atoms with Gasteiger partial charge in [-0.1, -0.05) is 42.5 Å². The van der Waals surface area contributed by atoms with E-state index in [-0.39, 0.29) is 11.4 Å². The van der Waals surface area contributed by atoms with Crippen molar-refractivity contribution in [1.82, 2.24) is 9.78 Å². The molecule has 3 aromatic rings. The maximum absolute atomic E-state index is 12.1. The van der Waals surface area contributed by atoms with E-state index in [4.69, 9.17) is 0 Å². The molecule has 0 saturated heterocycles. The number of carbonyl (C=O) groups excluding carboxylic acids is 1. The molecule has 0 unspecified atom stereocenters. The van der Waals surface area contributed by atoms with Gasteiger partial charge >= 0.3 is 6.03 Å². The van der Waals surface area contributed by atoms with Crippen molar-refractivity contribution >= 4 is 23.2 Å². The highest BCUT2D eigenvalue weighted by atomic mass is 16.6. The Morgan fingerprint density at radius 3 is 2.48 bits per heavy atom. The number of hydrogen-bond donors (Lipinski definition) is 2. The molecule has 2 aromatic carbocycles. The smallest absolute Gasteiger partial charge is 0.302 e. The lowest BCUT2D eigenvalue weighted by molar-refractivity contribution is -0.383. The van der Waals surface area contributed by atoms with Crippen LogP contribution in [-0.2, 0) is 7.05 Å². The van der Waals surface area contributed by atoms with E-state index < -0.39 is 11.0 Å². The van der Waals surface area contributed by atoms with Crippen molar-refractivity contribution in [3.05, 3.63) is 70.8 Å². The summed E-state index contributed by atoms with van der Waals surface area (Å²) in [6.07, 6.45) is 0. The van der Waals surface area contributed by atoms with Crippen LogP contribution in [0.15, 0.2) is 60.7 Å². The number of amides is 2. The van der Waals surface area contributed by atoms with Crippen LogP contribution in [0.5, 0.6) is 0 Å². The van der Waals surface area contributed by atoms with Gasteiger partial charge in [0.25, 0.3) is 5.69 Å². The predicted octanol–water partition coefficient (Wildman–Crippen LogP) is 3.64. The molecule has 0 spiro atoms. The lowest BCUT2D eigenvalue weighted by atomic mass is 10.1. The topological polar surface area (TPSA) is 102 Å². The second-order valence-corrected chi connectivity index (χ2v) is 5.26. The molecule has 0 aliphatic carbocycles. The quantitative estimate of drug-likeness (QED) is 0.560. The Balaban J connectivity index is 1.75. The molecule has 0 saturated carbocycles. The highest BCUT2D eigenvalue weighted by molar-refractivity contribution is 6.00. The van der Waals surface area contributed by atoms with Gasteiger partial charge in [0.1, 0.15) is 5.69 Å². The van der Waals surface area contributed by atoms with E-state index in [0.717, 1.165) is 11.3 Å². The zero-order valence-electron chi connectivity index (χ0n) is 13.3. The lowest BCUT2D eigenvalue weighted by Crippen LogP contribution is -2.20. The van der Waals surface area contributed by atoms with Crippen molar-refractivity contribution in [2.75, 3.05) is 10.6 Å². The van der Waals surface area contributed by atoms with Gasteiger partial charge in [-0.25, -0.2) is 4.79 Å². The van der Waals surface area contributed by atoms with E-state index in [1.54, 1.807) is 23.9 Å². The summed E-state index contributed by atoms with van der Waals surface area (Å²) in [5.41, 5.74) is 1.74. The first-order valence-corrected chi connectivity index (χ1v) is 7.45. The largest absolute Gasteiger partial charge is 0.325 e. The summed E-state index contributed by atoms with van der Waals surface area (Å²) in [6, 6.07) is 16.7. The number of carbonyl (C=O) groups is 1. The van der Waals surface area contributed by atoms with E-state index in [1.165, 1.54) is 18.2 Å². The number of nitro groups is 1. The molecule has 126 valence electrons. The summed E-state index contributed by atoms with van der Waals surface area (Å²) in [5, 5.41) is 20.3. The van der Waals surface area contributed by atoms with Crippen LogP contribution in [0.4, 0.5) is 22.0 Å². The first-order chi connectivity index (χ1) is 12.0. The standard InChI is InChI=1S/C17H15N5O3/c1-21-15(12-7-3-2-4-8-12)11-16(20-21)19-17(23)18-13-9-5-6-10-14(13)22(24)25/h2-11H,1H3,(H2,18,19,20,23). The van der Waals surface area contributed by atoms with Crippen LogP contribution in [0.3, 0.4) is 0 Å². The van der Waals surface area contributed by atoms with E-state index in [2.05, 4.69) is 15.7 Å². The minimum absolute atomic E-state index is 0.115. The van der Waals surface area contributed by atoms with Crippen LogP contribution in [0.25, 0.3) is 11.3 Å². The van der Waals surface area contributed by atoms with Gasteiger partial charge in [-0.2, -0.15) is 5.10 Å². The number of benzene rings is 2. The predicted molar refractivity (Wildman–Crippen MR) is 94.4 cm³/mol. The molecule has 3 rings (SSSR count). The maximum Gasteiger partial charge on any atom is 0.325 e.